The highest BCUT2D eigenvalue weighted by molar-refractivity contribution is 5.95. The molecule has 1 saturated heterocycles. The largest absolute Gasteiger partial charge is 0.444 e. The number of carbonyl (C=O) groups excluding carboxylic acids is 2. The Morgan fingerprint density at radius 3 is 2.15 bits per heavy atom. The molecule has 0 bridgehead atoms. The van der Waals surface area contributed by atoms with E-state index in [-0.39, 0.29) is 12.0 Å². The molecule has 0 spiro atoms. The number of aromatic nitrogens is 1. The van der Waals surface area contributed by atoms with E-state index < -0.39 is 5.60 Å². The zero-order chi connectivity index (χ0) is 18.7. The summed E-state index contributed by atoms with van der Waals surface area (Å²) in [6.45, 7) is 7.53. The van der Waals surface area contributed by atoms with E-state index in [0.29, 0.717) is 31.7 Å². The molecule has 1 fully saturated rings. The van der Waals surface area contributed by atoms with Gasteiger partial charge in [0.2, 0.25) is 0 Å². The van der Waals surface area contributed by atoms with Crippen LogP contribution in [0.15, 0.2) is 48.8 Å². The molecule has 0 N–H and O–H groups in total. The minimum absolute atomic E-state index is 0.0113. The van der Waals surface area contributed by atoms with Crippen LogP contribution >= 0.6 is 0 Å². The molecular formula is C20H25N3O3. The minimum atomic E-state index is -0.511. The van der Waals surface area contributed by atoms with Crippen LogP contribution in [0.2, 0.25) is 0 Å². The van der Waals surface area contributed by atoms with Crippen LogP contribution in [0, 0.1) is 0 Å². The highest BCUT2D eigenvalue weighted by atomic mass is 16.6. The van der Waals surface area contributed by atoms with Crippen molar-refractivity contribution in [1.29, 1.82) is 0 Å². The van der Waals surface area contributed by atoms with Gasteiger partial charge in [0.15, 0.2) is 0 Å². The first-order valence-corrected chi connectivity index (χ1v) is 8.84. The molecule has 1 aromatic carbocycles. The number of carbonyl (C=O) groups is 2. The molecule has 1 aliphatic heterocycles. The van der Waals surface area contributed by atoms with Crippen LogP contribution < -0.4 is 0 Å². The van der Waals surface area contributed by atoms with Gasteiger partial charge >= 0.3 is 6.09 Å². The van der Waals surface area contributed by atoms with E-state index in [1.807, 2.05) is 74.1 Å². The van der Waals surface area contributed by atoms with Crippen molar-refractivity contribution in [3.63, 3.8) is 0 Å². The summed E-state index contributed by atoms with van der Waals surface area (Å²) in [5.41, 5.74) is 1.10. The number of benzene rings is 1. The quantitative estimate of drug-likeness (QED) is 0.831. The number of hydrogen-bond acceptors (Lipinski definition) is 3. The third kappa shape index (κ3) is 4.25. The summed E-state index contributed by atoms with van der Waals surface area (Å²) in [7, 11) is 0. The monoisotopic (exact) mass is 355 g/mol. The summed E-state index contributed by atoms with van der Waals surface area (Å²) in [5.74, 6) is -0.0113. The molecule has 26 heavy (non-hydrogen) atoms. The van der Waals surface area contributed by atoms with Gasteiger partial charge in [-0.15, -0.1) is 0 Å². The number of piperazine rings is 1. The van der Waals surface area contributed by atoms with E-state index in [2.05, 4.69) is 0 Å². The van der Waals surface area contributed by atoms with Crippen LogP contribution in [0.5, 0.6) is 0 Å². The van der Waals surface area contributed by atoms with Gasteiger partial charge in [0.05, 0.1) is 0 Å². The average Bonchev–Trinajstić information content (AvgIpc) is 3.14. The molecule has 2 amide bonds. The van der Waals surface area contributed by atoms with Gasteiger partial charge in [-0.05, 0) is 51.1 Å². The summed E-state index contributed by atoms with van der Waals surface area (Å²) in [6.07, 6.45) is 3.58. The molecule has 2 heterocycles. The summed E-state index contributed by atoms with van der Waals surface area (Å²) in [6, 6.07) is 11.5. The number of hydrogen-bond donors (Lipinski definition) is 0. The normalized spacial score (nSPS) is 15.0. The summed E-state index contributed by atoms with van der Waals surface area (Å²) >= 11 is 0. The second-order valence-electron chi connectivity index (χ2n) is 7.40. The van der Waals surface area contributed by atoms with Crippen molar-refractivity contribution in [1.82, 2.24) is 14.4 Å². The molecule has 0 atom stereocenters. The van der Waals surface area contributed by atoms with Gasteiger partial charge in [-0.3, -0.25) is 4.79 Å². The molecule has 2 aromatic rings. The minimum Gasteiger partial charge on any atom is -0.444 e. The highest BCUT2D eigenvalue weighted by Crippen LogP contribution is 2.16. The Bertz CT molecular complexity index is 770. The zero-order valence-electron chi connectivity index (χ0n) is 15.5. The fourth-order valence-corrected chi connectivity index (χ4v) is 2.91. The first-order chi connectivity index (χ1) is 12.3. The fourth-order valence-electron chi connectivity index (χ4n) is 2.91. The second-order valence-corrected chi connectivity index (χ2v) is 7.40. The molecule has 3 rings (SSSR count). The summed E-state index contributed by atoms with van der Waals surface area (Å²) in [5, 5.41) is 0. The number of amides is 2. The molecule has 0 radical (unpaired) electrons. The molecule has 1 aromatic heterocycles. The van der Waals surface area contributed by atoms with Crippen molar-refractivity contribution in [3.8, 4) is 5.69 Å². The van der Waals surface area contributed by atoms with Gasteiger partial charge in [0.1, 0.15) is 5.60 Å². The van der Waals surface area contributed by atoms with Gasteiger partial charge in [-0.25, -0.2) is 4.79 Å². The number of nitrogens with zero attached hydrogens (tertiary/aromatic N) is 3. The lowest BCUT2D eigenvalue weighted by atomic mass is 10.1. The van der Waals surface area contributed by atoms with E-state index in [1.54, 1.807) is 9.80 Å². The molecule has 0 saturated carbocycles. The van der Waals surface area contributed by atoms with Crippen molar-refractivity contribution in [3.05, 3.63) is 54.4 Å². The number of rotatable bonds is 2. The molecule has 138 valence electrons. The van der Waals surface area contributed by atoms with Gasteiger partial charge in [-0.1, -0.05) is 6.07 Å². The second kappa shape index (κ2) is 7.23. The lowest BCUT2D eigenvalue weighted by Gasteiger charge is -2.35. The lowest BCUT2D eigenvalue weighted by molar-refractivity contribution is 0.0141. The molecule has 1 aliphatic rings. The summed E-state index contributed by atoms with van der Waals surface area (Å²) < 4.78 is 7.36. The van der Waals surface area contributed by atoms with Crippen LogP contribution in [0.4, 0.5) is 4.79 Å². The maximum Gasteiger partial charge on any atom is 0.410 e. The molecular weight excluding hydrogens is 330 g/mol. The Labute approximate surface area is 154 Å². The van der Waals surface area contributed by atoms with Crippen LogP contribution in [-0.4, -0.2) is 58.1 Å². The third-order valence-corrected chi connectivity index (χ3v) is 4.21. The predicted molar refractivity (Wildman–Crippen MR) is 99.5 cm³/mol. The fraction of sp³-hybridized carbons (Fsp3) is 0.400. The highest BCUT2D eigenvalue weighted by Gasteiger charge is 2.28. The van der Waals surface area contributed by atoms with Gasteiger partial charge in [0, 0.05) is 49.8 Å². The Balaban J connectivity index is 1.62. The Hall–Kier alpha value is -2.76. The molecule has 6 nitrogen and oxygen atoms in total. The van der Waals surface area contributed by atoms with Gasteiger partial charge in [0.25, 0.3) is 5.91 Å². The Morgan fingerprint density at radius 1 is 0.923 bits per heavy atom. The van der Waals surface area contributed by atoms with Crippen LogP contribution in [-0.2, 0) is 4.74 Å². The first-order valence-electron chi connectivity index (χ1n) is 8.84. The third-order valence-electron chi connectivity index (χ3n) is 4.21. The van der Waals surface area contributed by atoms with Crippen molar-refractivity contribution in [2.75, 3.05) is 26.2 Å². The van der Waals surface area contributed by atoms with E-state index in [0.717, 1.165) is 5.69 Å². The Kier molecular flexibility index (Phi) is 5.02. The maximum absolute atomic E-state index is 12.8. The van der Waals surface area contributed by atoms with E-state index in [9.17, 15) is 9.59 Å². The van der Waals surface area contributed by atoms with E-state index in [1.165, 1.54) is 0 Å². The standard InChI is InChI=1S/C20H25N3O3/c1-20(2,3)26-19(25)23-13-11-22(12-14-23)18(24)16-7-6-8-17(15-16)21-9-4-5-10-21/h4-10,15H,11-14H2,1-3H3. The molecule has 6 heteroatoms. The lowest BCUT2D eigenvalue weighted by Crippen LogP contribution is -2.51. The SMILES string of the molecule is CC(C)(C)OC(=O)N1CCN(C(=O)c2cccc(-n3cccc3)c2)CC1. The molecule has 0 aliphatic carbocycles. The van der Waals surface area contributed by atoms with Crippen molar-refractivity contribution in [2.24, 2.45) is 0 Å². The predicted octanol–water partition coefficient (Wildman–Crippen LogP) is 3.17. The molecule has 0 unspecified atom stereocenters. The topological polar surface area (TPSA) is 54.8 Å². The Morgan fingerprint density at radius 2 is 1.54 bits per heavy atom. The zero-order valence-corrected chi connectivity index (χ0v) is 15.5. The van der Waals surface area contributed by atoms with Crippen molar-refractivity contribution < 1.29 is 14.3 Å². The maximum atomic E-state index is 12.8. The first kappa shape index (κ1) is 18.0. The van der Waals surface area contributed by atoms with Gasteiger partial charge in [-0.2, -0.15) is 0 Å². The number of ether oxygens (including phenoxy) is 1. The van der Waals surface area contributed by atoms with Gasteiger partial charge < -0.3 is 19.1 Å². The van der Waals surface area contributed by atoms with E-state index in [4.69, 9.17) is 4.74 Å². The van der Waals surface area contributed by atoms with Crippen molar-refractivity contribution >= 4 is 12.0 Å². The van der Waals surface area contributed by atoms with Crippen LogP contribution in [0.1, 0.15) is 31.1 Å². The smallest absolute Gasteiger partial charge is 0.410 e. The summed E-state index contributed by atoms with van der Waals surface area (Å²) in [4.78, 5) is 28.4. The van der Waals surface area contributed by atoms with Crippen LogP contribution in [0.3, 0.4) is 0 Å². The van der Waals surface area contributed by atoms with Crippen molar-refractivity contribution in [2.45, 2.75) is 26.4 Å². The average molecular weight is 355 g/mol. The van der Waals surface area contributed by atoms with E-state index >= 15 is 0 Å². The van der Waals surface area contributed by atoms with Crippen LogP contribution in [0.25, 0.3) is 5.69 Å².